The highest BCUT2D eigenvalue weighted by atomic mass is 16.5. The smallest absolute Gasteiger partial charge is 0.131 e. The number of methoxy groups -OCH3 is 1. The van der Waals surface area contributed by atoms with Crippen molar-refractivity contribution in [1.29, 1.82) is 0 Å². The third-order valence-corrected chi connectivity index (χ3v) is 2.74. The highest BCUT2D eigenvalue weighted by molar-refractivity contribution is 5.44. The fourth-order valence-electron chi connectivity index (χ4n) is 1.73. The van der Waals surface area contributed by atoms with Crippen LogP contribution in [0.15, 0.2) is 18.2 Å². The third-order valence-electron chi connectivity index (χ3n) is 2.74. The molecule has 1 aromatic carbocycles. The van der Waals surface area contributed by atoms with Crippen molar-refractivity contribution in [3.63, 3.8) is 0 Å². The number of rotatable bonds is 2. The summed E-state index contributed by atoms with van der Waals surface area (Å²) in [6.45, 7) is 3.53. The van der Waals surface area contributed by atoms with Crippen LogP contribution < -0.4 is 9.47 Å². The van der Waals surface area contributed by atoms with Gasteiger partial charge in [0, 0.05) is 12.5 Å². The van der Waals surface area contributed by atoms with Crippen LogP contribution >= 0.6 is 0 Å². The molecule has 0 bridgehead atoms. The Balaban J connectivity index is 2.24. The van der Waals surface area contributed by atoms with Gasteiger partial charge < -0.3 is 14.6 Å². The quantitative estimate of drug-likeness (QED) is 0.805. The molecular weight excluding hydrogens is 192 g/mol. The van der Waals surface area contributed by atoms with E-state index in [2.05, 4.69) is 0 Å². The van der Waals surface area contributed by atoms with Crippen LogP contribution in [0.2, 0.25) is 0 Å². The average molecular weight is 208 g/mol. The first kappa shape index (κ1) is 10.3. The van der Waals surface area contributed by atoms with Crippen LogP contribution in [0.3, 0.4) is 0 Å². The SMILES string of the molecule is COc1ccc2c(c1)O[C@@H](C(C)(C)O)C2. The van der Waals surface area contributed by atoms with Crippen molar-refractivity contribution >= 4 is 0 Å². The van der Waals surface area contributed by atoms with Gasteiger partial charge in [0.05, 0.1) is 12.7 Å². The molecule has 1 atom stereocenters. The molecule has 82 valence electrons. The summed E-state index contributed by atoms with van der Waals surface area (Å²) in [7, 11) is 1.63. The van der Waals surface area contributed by atoms with Crippen molar-refractivity contribution in [2.75, 3.05) is 7.11 Å². The maximum Gasteiger partial charge on any atom is 0.131 e. The van der Waals surface area contributed by atoms with Crippen LogP contribution in [0, 0.1) is 0 Å². The van der Waals surface area contributed by atoms with Crippen molar-refractivity contribution in [2.24, 2.45) is 0 Å². The zero-order valence-electron chi connectivity index (χ0n) is 9.28. The minimum absolute atomic E-state index is 0.167. The number of aliphatic hydroxyl groups is 1. The zero-order chi connectivity index (χ0) is 11.1. The first-order chi connectivity index (χ1) is 7.00. The van der Waals surface area contributed by atoms with E-state index in [0.29, 0.717) is 0 Å². The number of hydrogen-bond acceptors (Lipinski definition) is 3. The van der Waals surface area contributed by atoms with E-state index < -0.39 is 5.60 Å². The van der Waals surface area contributed by atoms with Crippen LogP contribution in [0.4, 0.5) is 0 Å². The molecule has 0 fully saturated rings. The molecule has 1 aromatic rings. The number of benzene rings is 1. The minimum Gasteiger partial charge on any atom is -0.497 e. The summed E-state index contributed by atoms with van der Waals surface area (Å²) in [5, 5.41) is 9.86. The fourth-order valence-corrected chi connectivity index (χ4v) is 1.73. The standard InChI is InChI=1S/C12H16O3/c1-12(2,13)11-6-8-4-5-9(14-3)7-10(8)15-11/h4-5,7,11,13H,6H2,1-3H3/t11-/m1/s1. The van der Waals surface area contributed by atoms with Crippen LogP contribution in [0.25, 0.3) is 0 Å². The Morgan fingerprint density at radius 2 is 2.20 bits per heavy atom. The van der Waals surface area contributed by atoms with E-state index in [9.17, 15) is 5.11 Å². The molecule has 1 N–H and O–H groups in total. The Morgan fingerprint density at radius 1 is 1.47 bits per heavy atom. The Hall–Kier alpha value is -1.22. The first-order valence-corrected chi connectivity index (χ1v) is 5.06. The summed E-state index contributed by atoms with van der Waals surface area (Å²) in [6.07, 6.45) is 0.586. The van der Waals surface area contributed by atoms with Gasteiger partial charge in [-0.05, 0) is 25.5 Å². The molecule has 1 heterocycles. The van der Waals surface area contributed by atoms with Crippen molar-refractivity contribution in [2.45, 2.75) is 32.0 Å². The van der Waals surface area contributed by atoms with Crippen LogP contribution in [-0.2, 0) is 6.42 Å². The summed E-state index contributed by atoms with van der Waals surface area (Å²) in [5.41, 5.74) is 0.314. The van der Waals surface area contributed by atoms with E-state index in [1.165, 1.54) is 0 Å². The molecule has 0 saturated carbocycles. The molecule has 0 aromatic heterocycles. The summed E-state index contributed by atoms with van der Waals surface area (Å²) in [5.74, 6) is 1.60. The molecule has 1 aliphatic heterocycles. The van der Waals surface area contributed by atoms with E-state index in [1.807, 2.05) is 18.2 Å². The molecular formula is C12H16O3. The zero-order valence-corrected chi connectivity index (χ0v) is 9.28. The highest BCUT2D eigenvalue weighted by Crippen LogP contribution is 2.35. The molecule has 0 unspecified atom stereocenters. The van der Waals surface area contributed by atoms with Crippen LogP contribution in [0.1, 0.15) is 19.4 Å². The molecule has 0 radical (unpaired) electrons. The Kier molecular flexibility index (Phi) is 2.35. The second kappa shape index (κ2) is 3.42. The van der Waals surface area contributed by atoms with E-state index in [-0.39, 0.29) is 6.10 Å². The van der Waals surface area contributed by atoms with E-state index >= 15 is 0 Å². The summed E-state index contributed by atoms with van der Waals surface area (Å²) >= 11 is 0. The van der Waals surface area contributed by atoms with Crippen LogP contribution in [0.5, 0.6) is 11.5 Å². The molecule has 0 aliphatic carbocycles. The predicted octanol–water partition coefficient (Wildman–Crippen LogP) is 1.77. The molecule has 3 heteroatoms. The maximum absolute atomic E-state index is 9.86. The van der Waals surface area contributed by atoms with Gasteiger partial charge in [-0.15, -0.1) is 0 Å². The maximum atomic E-state index is 9.86. The Bertz CT molecular complexity index is 366. The van der Waals surface area contributed by atoms with Gasteiger partial charge in [-0.1, -0.05) is 6.07 Å². The Labute approximate surface area is 89.6 Å². The molecule has 3 nitrogen and oxygen atoms in total. The van der Waals surface area contributed by atoms with Crippen molar-refractivity contribution in [3.8, 4) is 11.5 Å². The van der Waals surface area contributed by atoms with Gasteiger partial charge >= 0.3 is 0 Å². The van der Waals surface area contributed by atoms with Gasteiger partial charge in [-0.25, -0.2) is 0 Å². The lowest BCUT2D eigenvalue weighted by atomic mass is 9.97. The fraction of sp³-hybridized carbons (Fsp3) is 0.500. The normalized spacial score (nSPS) is 19.6. The van der Waals surface area contributed by atoms with Crippen LogP contribution in [-0.4, -0.2) is 23.9 Å². The van der Waals surface area contributed by atoms with Crippen molar-refractivity contribution in [1.82, 2.24) is 0 Å². The molecule has 0 spiro atoms. The molecule has 1 aliphatic rings. The van der Waals surface area contributed by atoms with Gasteiger partial charge in [0.15, 0.2) is 0 Å². The molecule has 15 heavy (non-hydrogen) atoms. The van der Waals surface area contributed by atoms with Gasteiger partial charge in [0.2, 0.25) is 0 Å². The summed E-state index contributed by atoms with van der Waals surface area (Å²) in [4.78, 5) is 0. The average Bonchev–Trinajstić information content (AvgIpc) is 2.59. The second-order valence-electron chi connectivity index (χ2n) is 4.44. The number of hydrogen-bond donors (Lipinski definition) is 1. The van der Waals surface area contributed by atoms with Crippen molar-refractivity contribution in [3.05, 3.63) is 23.8 Å². The van der Waals surface area contributed by atoms with E-state index in [0.717, 1.165) is 23.5 Å². The summed E-state index contributed by atoms with van der Waals surface area (Å²) in [6, 6.07) is 5.76. The van der Waals surface area contributed by atoms with E-state index in [4.69, 9.17) is 9.47 Å². The van der Waals surface area contributed by atoms with Gasteiger partial charge in [0.1, 0.15) is 17.6 Å². The second-order valence-corrected chi connectivity index (χ2v) is 4.44. The van der Waals surface area contributed by atoms with Gasteiger partial charge in [-0.3, -0.25) is 0 Å². The molecule has 2 rings (SSSR count). The number of fused-ring (bicyclic) bond motifs is 1. The third kappa shape index (κ3) is 1.92. The predicted molar refractivity (Wildman–Crippen MR) is 57.4 cm³/mol. The lowest BCUT2D eigenvalue weighted by Gasteiger charge is -2.24. The van der Waals surface area contributed by atoms with Gasteiger partial charge in [-0.2, -0.15) is 0 Å². The molecule has 0 amide bonds. The number of ether oxygens (including phenoxy) is 2. The lowest BCUT2D eigenvalue weighted by Crippen LogP contribution is -2.39. The monoisotopic (exact) mass is 208 g/mol. The first-order valence-electron chi connectivity index (χ1n) is 5.06. The van der Waals surface area contributed by atoms with E-state index in [1.54, 1.807) is 21.0 Å². The highest BCUT2D eigenvalue weighted by Gasteiger charge is 2.34. The summed E-state index contributed by atoms with van der Waals surface area (Å²) < 4.78 is 10.8. The Morgan fingerprint density at radius 3 is 2.80 bits per heavy atom. The minimum atomic E-state index is -0.813. The van der Waals surface area contributed by atoms with Crippen molar-refractivity contribution < 1.29 is 14.6 Å². The van der Waals surface area contributed by atoms with Gasteiger partial charge in [0.25, 0.3) is 0 Å². The lowest BCUT2D eigenvalue weighted by molar-refractivity contribution is -0.0230. The topological polar surface area (TPSA) is 38.7 Å². The largest absolute Gasteiger partial charge is 0.497 e. The molecule has 0 saturated heterocycles.